The summed E-state index contributed by atoms with van der Waals surface area (Å²) in [5.41, 5.74) is 0.493. The van der Waals surface area contributed by atoms with E-state index in [1.165, 1.54) is 11.8 Å². The van der Waals surface area contributed by atoms with Gasteiger partial charge in [-0.25, -0.2) is 4.79 Å². The van der Waals surface area contributed by atoms with Crippen molar-refractivity contribution in [2.24, 2.45) is 0 Å². The highest BCUT2D eigenvalue weighted by Crippen LogP contribution is 2.21. The van der Waals surface area contributed by atoms with Crippen molar-refractivity contribution < 1.29 is 19.1 Å². The number of esters is 1. The normalized spacial score (nSPS) is 11.3. The van der Waals surface area contributed by atoms with Gasteiger partial charge in [-0.15, -0.1) is 11.8 Å². The molecular formula is C19H20N2O4S. The monoisotopic (exact) mass is 372 g/mol. The van der Waals surface area contributed by atoms with E-state index in [-0.39, 0.29) is 5.75 Å². The molecule has 0 saturated heterocycles. The molecule has 0 aliphatic rings. The highest BCUT2D eigenvalue weighted by Gasteiger charge is 2.26. The standard InChI is InChI=1S/C19H20N2O4S/c1-2-20-19(24)21-18(23)17(14-9-5-3-6-10-14)25-16(22)13-26-15-11-7-4-8-12-15/h3-12,17H,2,13H2,1H3,(H2,20,21,23,24)/t17-/m0/s1. The molecule has 0 aromatic heterocycles. The number of imide groups is 1. The van der Waals surface area contributed by atoms with E-state index in [4.69, 9.17) is 4.74 Å². The van der Waals surface area contributed by atoms with Gasteiger partial charge in [0.1, 0.15) is 0 Å². The fraction of sp³-hybridized carbons (Fsp3) is 0.211. The average molecular weight is 372 g/mol. The number of nitrogens with one attached hydrogen (secondary N) is 2. The lowest BCUT2D eigenvalue weighted by Gasteiger charge is -2.17. The number of thioether (sulfide) groups is 1. The number of hydrogen-bond donors (Lipinski definition) is 2. The number of benzene rings is 2. The second-order valence-corrected chi connectivity index (χ2v) is 6.28. The van der Waals surface area contributed by atoms with E-state index >= 15 is 0 Å². The summed E-state index contributed by atoms with van der Waals surface area (Å²) < 4.78 is 5.35. The van der Waals surface area contributed by atoms with Crippen molar-refractivity contribution in [3.8, 4) is 0 Å². The molecule has 0 radical (unpaired) electrons. The van der Waals surface area contributed by atoms with E-state index in [1.54, 1.807) is 37.3 Å². The van der Waals surface area contributed by atoms with Crippen molar-refractivity contribution in [2.75, 3.05) is 12.3 Å². The van der Waals surface area contributed by atoms with Crippen LogP contribution in [0.1, 0.15) is 18.6 Å². The van der Waals surface area contributed by atoms with Gasteiger partial charge < -0.3 is 10.1 Å². The highest BCUT2D eigenvalue weighted by atomic mass is 32.2. The van der Waals surface area contributed by atoms with E-state index in [2.05, 4.69) is 10.6 Å². The maximum atomic E-state index is 12.4. The van der Waals surface area contributed by atoms with Crippen LogP contribution in [0, 0.1) is 0 Å². The third-order valence-electron chi connectivity index (χ3n) is 3.26. The van der Waals surface area contributed by atoms with Crippen LogP contribution in [0.4, 0.5) is 4.79 Å². The predicted molar refractivity (Wildman–Crippen MR) is 99.7 cm³/mol. The van der Waals surface area contributed by atoms with Crippen LogP contribution >= 0.6 is 11.8 Å². The maximum Gasteiger partial charge on any atom is 0.321 e. The third kappa shape index (κ3) is 6.25. The molecule has 6 nitrogen and oxygen atoms in total. The Morgan fingerprint density at radius 1 is 1.00 bits per heavy atom. The summed E-state index contributed by atoms with van der Waals surface area (Å²) in [7, 11) is 0. The smallest absolute Gasteiger partial charge is 0.321 e. The van der Waals surface area contributed by atoms with Gasteiger partial charge in [-0.3, -0.25) is 14.9 Å². The van der Waals surface area contributed by atoms with Crippen LogP contribution in [0.3, 0.4) is 0 Å². The molecule has 26 heavy (non-hydrogen) atoms. The summed E-state index contributed by atoms with van der Waals surface area (Å²) in [4.78, 5) is 37.1. The van der Waals surface area contributed by atoms with Crippen LogP contribution in [0.15, 0.2) is 65.6 Å². The molecule has 2 aromatic rings. The van der Waals surface area contributed by atoms with Gasteiger partial charge in [-0.2, -0.15) is 0 Å². The Hall–Kier alpha value is -2.80. The highest BCUT2D eigenvalue weighted by molar-refractivity contribution is 8.00. The molecule has 2 rings (SSSR count). The van der Waals surface area contributed by atoms with Crippen LogP contribution in [0.2, 0.25) is 0 Å². The Morgan fingerprint density at radius 3 is 2.23 bits per heavy atom. The summed E-state index contributed by atoms with van der Waals surface area (Å²) in [5.74, 6) is -1.18. The fourth-order valence-corrected chi connectivity index (χ4v) is 2.81. The van der Waals surface area contributed by atoms with Crippen molar-refractivity contribution in [3.05, 3.63) is 66.2 Å². The average Bonchev–Trinajstić information content (AvgIpc) is 2.66. The fourth-order valence-electron chi connectivity index (χ4n) is 2.11. The number of hydrogen-bond acceptors (Lipinski definition) is 5. The molecule has 0 saturated carbocycles. The quantitative estimate of drug-likeness (QED) is 0.577. The lowest BCUT2D eigenvalue weighted by molar-refractivity contribution is -0.153. The molecule has 0 bridgehead atoms. The number of amides is 3. The molecule has 0 fully saturated rings. The lowest BCUT2D eigenvalue weighted by atomic mass is 10.1. The molecule has 0 spiro atoms. The minimum absolute atomic E-state index is 0.0573. The largest absolute Gasteiger partial charge is 0.447 e. The van der Waals surface area contributed by atoms with Gasteiger partial charge >= 0.3 is 12.0 Å². The molecule has 136 valence electrons. The maximum absolute atomic E-state index is 12.4. The zero-order valence-electron chi connectivity index (χ0n) is 14.3. The summed E-state index contributed by atoms with van der Waals surface area (Å²) in [6.45, 7) is 2.11. The lowest BCUT2D eigenvalue weighted by Crippen LogP contribution is -2.42. The number of carbonyl (C=O) groups excluding carboxylic acids is 3. The summed E-state index contributed by atoms with van der Waals surface area (Å²) in [6, 6.07) is 17.4. The first-order valence-electron chi connectivity index (χ1n) is 8.11. The van der Waals surface area contributed by atoms with Gasteiger partial charge in [-0.05, 0) is 19.1 Å². The molecule has 7 heteroatoms. The molecule has 2 N–H and O–H groups in total. The summed E-state index contributed by atoms with van der Waals surface area (Å²) in [6.07, 6.45) is -1.19. The van der Waals surface area contributed by atoms with E-state index in [9.17, 15) is 14.4 Å². The Kier molecular flexibility index (Phi) is 7.70. The van der Waals surface area contributed by atoms with Crippen LogP contribution in [0.5, 0.6) is 0 Å². The second-order valence-electron chi connectivity index (χ2n) is 5.23. The first-order valence-corrected chi connectivity index (χ1v) is 9.09. The van der Waals surface area contributed by atoms with E-state index < -0.39 is 24.0 Å². The van der Waals surface area contributed by atoms with E-state index in [0.29, 0.717) is 12.1 Å². The van der Waals surface area contributed by atoms with Gasteiger partial charge in [0.25, 0.3) is 5.91 Å². The van der Waals surface area contributed by atoms with Gasteiger partial charge in [0.05, 0.1) is 5.75 Å². The Labute approximate surface area is 156 Å². The molecule has 3 amide bonds. The Bertz CT molecular complexity index is 738. The van der Waals surface area contributed by atoms with Crippen molar-refractivity contribution in [3.63, 3.8) is 0 Å². The molecule has 0 heterocycles. The van der Waals surface area contributed by atoms with Crippen molar-refractivity contribution >= 4 is 29.7 Å². The van der Waals surface area contributed by atoms with Gasteiger partial charge in [0, 0.05) is 17.0 Å². The van der Waals surface area contributed by atoms with Crippen LogP contribution in [-0.4, -0.2) is 30.2 Å². The molecular weight excluding hydrogens is 352 g/mol. The second kappa shape index (κ2) is 10.2. The van der Waals surface area contributed by atoms with Crippen LogP contribution in [0.25, 0.3) is 0 Å². The van der Waals surface area contributed by atoms with Crippen molar-refractivity contribution in [2.45, 2.75) is 17.9 Å². The Morgan fingerprint density at radius 2 is 1.62 bits per heavy atom. The Balaban J connectivity index is 2.02. The summed E-state index contributed by atoms with van der Waals surface area (Å²) in [5, 5.41) is 4.65. The minimum atomic E-state index is -1.19. The molecule has 1 atom stereocenters. The van der Waals surface area contributed by atoms with E-state index in [0.717, 1.165) is 4.90 Å². The van der Waals surface area contributed by atoms with Gasteiger partial charge in [0.15, 0.2) is 0 Å². The third-order valence-corrected chi connectivity index (χ3v) is 4.25. The number of ether oxygens (including phenoxy) is 1. The topological polar surface area (TPSA) is 84.5 Å². The molecule has 0 aliphatic carbocycles. The van der Waals surface area contributed by atoms with Gasteiger partial charge in [-0.1, -0.05) is 48.5 Å². The number of rotatable bonds is 7. The zero-order chi connectivity index (χ0) is 18.8. The summed E-state index contributed by atoms with van der Waals surface area (Å²) >= 11 is 1.31. The zero-order valence-corrected chi connectivity index (χ0v) is 15.1. The molecule has 0 aliphatic heterocycles. The van der Waals surface area contributed by atoms with Crippen LogP contribution in [-0.2, 0) is 14.3 Å². The number of urea groups is 1. The first kappa shape index (κ1) is 19.5. The predicted octanol–water partition coefficient (Wildman–Crippen LogP) is 2.91. The first-order chi connectivity index (χ1) is 12.6. The molecule has 0 unspecified atom stereocenters. The molecule has 2 aromatic carbocycles. The number of carbonyl (C=O) groups is 3. The van der Waals surface area contributed by atoms with E-state index in [1.807, 2.05) is 30.3 Å². The minimum Gasteiger partial charge on any atom is -0.447 e. The SMILES string of the molecule is CCNC(=O)NC(=O)[C@@H](OC(=O)CSc1ccccc1)c1ccccc1. The van der Waals surface area contributed by atoms with Crippen molar-refractivity contribution in [1.29, 1.82) is 0 Å². The van der Waals surface area contributed by atoms with Crippen molar-refractivity contribution in [1.82, 2.24) is 10.6 Å². The van der Waals surface area contributed by atoms with Gasteiger partial charge in [0.2, 0.25) is 6.10 Å². The van der Waals surface area contributed by atoms with Crippen LogP contribution < -0.4 is 10.6 Å².